The van der Waals surface area contributed by atoms with Crippen LogP contribution in [0, 0.1) is 0 Å². The van der Waals surface area contributed by atoms with Gasteiger partial charge in [0, 0.05) is 25.4 Å². The maximum absolute atomic E-state index is 13.0. The van der Waals surface area contributed by atoms with Crippen LogP contribution in [0.15, 0.2) is 36.7 Å². The second kappa shape index (κ2) is 6.72. The smallest absolute Gasteiger partial charge is 0.254 e. The van der Waals surface area contributed by atoms with Crippen LogP contribution in [0.5, 0.6) is 0 Å². The number of benzene rings is 1. The van der Waals surface area contributed by atoms with Crippen molar-refractivity contribution >= 4 is 23.2 Å². The van der Waals surface area contributed by atoms with Gasteiger partial charge >= 0.3 is 0 Å². The van der Waals surface area contributed by atoms with Crippen molar-refractivity contribution in [1.29, 1.82) is 0 Å². The molecule has 2 aromatic heterocycles. The Hall–Kier alpha value is -3.00. The van der Waals surface area contributed by atoms with Crippen molar-refractivity contribution in [1.82, 2.24) is 19.6 Å². The van der Waals surface area contributed by atoms with Gasteiger partial charge in [0.15, 0.2) is 0 Å². The number of nitrogens with one attached hydrogen (secondary N) is 1. The molecule has 0 aliphatic carbocycles. The molecule has 26 heavy (non-hydrogen) atoms. The lowest BCUT2D eigenvalue weighted by atomic mass is 10.2. The Balaban J connectivity index is 1.58. The van der Waals surface area contributed by atoms with Crippen LogP contribution in [0.2, 0.25) is 0 Å². The van der Waals surface area contributed by atoms with Crippen LogP contribution >= 0.6 is 0 Å². The number of aromatic nitrogens is 4. The number of amides is 1. The van der Waals surface area contributed by atoms with Gasteiger partial charge < -0.3 is 15.0 Å². The highest BCUT2D eigenvalue weighted by molar-refractivity contribution is 6.00. The summed E-state index contributed by atoms with van der Waals surface area (Å²) in [6, 6.07) is 9.43. The Kier molecular flexibility index (Phi) is 4.26. The number of anilines is 2. The van der Waals surface area contributed by atoms with Crippen molar-refractivity contribution in [3.63, 3.8) is 0 Å². The molecule has 0 saturated heterocycles. The monoisotopic (exact) mass is 352 g/mol. The lowest BCUT2D eigenvalue weighted by molar-refractivity contribution is -0.118. The summed E-state index contributed by atoms with van der Waals surface area (Å²) >= 11 is 0. The Morgan fingerprint density at radius 3 is 3.08 bits per heavy atom. The number of fused-ring (bicyclic) bond motifs is 2. The van der Waals surface area contributed by atoms with Crippen LogP contribution in [0.25, 0.3) is 5.78 Å². The molecule has 0 radical (unpaired) electrons. The molecule has 0 saturated carbocycles. The SMILES string of the molecule is COCc1cc(NC(C)C(=O)N2CCc3ccccc32)n2ncnc2n1. The number of methoxy groups -OCH3 is 1. The van der Waals surface area contributed by atoms with E-state index in [9.17, 15) is 4.79 Å². The molecule has 1 amide bonds. The van der Waals surface area contributed by atoms with E-state index in [-0.39, 0.29) is 5.91 Å². The van der Waals surface area contributed by atoms with Crippen LogP contribution in [0.4, 0.5) is 11.5 Å². The van der Waals surface area contributed by atoms with Crippen molar-refractivity contribution < 1.29 is 9.53 Å². The average molecular weight is 352 g/mol. The Labute approximate surface area is 150 Å². The molecule has 1 unspecified atom stereocenters. The van der Waals surface area contributed by atoms with E-state index in [2.05, 4.69) is 26.4 Å². The molecule has 0 spiro atoms. The average Bonchev–Trinajstić information content (AvgIpc) is 3.28. The molecule has 8 nitrogen and oxygen atoms in total. The number of nitrogens with zero attached hydrogens (tertiary/aromatic N) is 5. The third-order valence-electron chi connectivity index (χ3n) is 4.49. The van der Waals surface area contributed by atoms with Gasteiger partial charge in [-0.15, -0.1) is 0 Å². The molecule has 1 aliphatic rings. The molecule has 134 valence electrons. The molecule has 1 aliphatic heterocycles. The molecule has 4 rings (SSSR count). The van der Waals surface area contributed by atoms with Gasteiger partial charge in [0.1, 0.15) is 18.2 Å². The van der Waals surface area contributed by atoms with E-state index < -0.39 is 6.04 Å². The second-order valence-electron chi connectivity index (χ2n) is 6.27. The van der Waals surface area contributed by atoms with E-state index >= 15 is 0 Å². The van der Waals surface area contributed by atoms with Crippen molar-refractivity contribution in [2.75, 3.05) is 23.9 Å². The summed E-state index contributed by atoms with van der Waals surface area (Å²) < 4.78 is 6.74. The number of hydrogen-bond donors (Lipinski definition) is 1. The molecular weight excluding hydrogens is 332 g/mol. The van der Waals surface area contributed by atoms with Crippen LogP contribution < -0.4 is 10.2 Å². The number of ether oxygens (including phenoxy) is 1. The topological polar surface area (TPSA) is 84.7 Å². The Morgan fingerprint density at radius 1 is 1.38 bits per heavy atom. The minimum Gasteiger partial charge on any atom is -0.378 e. The zero-order valence-corrected chi connectivity index (χ0v) is 14.7. The molecule has 1 atom stereocenters. The first kappa shape index (κ1) is 16.5. The lowest BCUT2D eigenvalue weighted by Gasteiger charge is -2.23. The fourth-order valence-electron chi connectivity index (χ4n) is 3.27. The van der Waals surface area contributed by atoms with Crippen molar-refractivity contribution in [3.05, 3.63) is 47.9 Å². The fourth-order valence-corrected chi connectivity index (χ4v) is 3.27. The third kappa shape index (κ3) is 2.88. The van der Waals surface area contributed by atoms with Crippen LogP contribution in [-0.4, -0.2) is 45.2 Å². The fraction of sp³-hybridized carbons (Fsp3) is 0.333. The quantitative estimate of drug-likeness (QED) is 0.752. The first-order chi connectivity index (χ1) is 12.7. The van der Waals surface area contributed by atoms with Gasteiger partial charge in [0.25, 0.3) is 5.78 Å². The van der Waals surface area contributed by atoms with Crippen LogP contribution in [0.3, 0.4) is 0 Å². The van der Waals surface area contributed by atoms with Crippen LogP contribution in [0.1, 0.15) is 18.2 Å². The number of para-hydroxylation sites is 1. The van der Waals surface area contributed by atoms with Gasteiger partial charge in [0.2, 0.25) is 5.91 Å². The number of rotatable bonds is 5. The second-order valence-corrected chi connectivity index (χ2v) is 6.27. The molecule has 0 bridgehead atoms. The van der Waals surface area contributed by atoms with E-state index in [1.54, 1.807) is 11.6 Å². The first-order valence-corrected chi connectivity index (χ1v) is 8.52. The van der Waals surface area contributed by atoms with Gasteiger partial charge in [-0.05, 0) is 25.0 Å². The van der Waals surface area contributed by atoms with E-state index in [1.165, 1.54) is 11.9 Å². The molecule has 8 heteroatoms. The van der Waals surface area contributed by atoms with Crippen molar-refractivity contribution in [2.24, 2.45) is 0 Å². The Bertz CT molecular complexity index is 954. The summed E-state index contributed by atoms with van der Waals surface area (Å²) in [4.78, 5) is 23.3. The summed E-state index contributed by atoms with van der Waals surface area (Å²) in [5, 5.41) is 7.43. The molecule has 3 aromatic rings. The zero-order valence-electron chi connectivity index (χ0n) is 14.7. The maximum Gasteiger partial charge on any atom is 0.254 e. The highest BCUT2D eigenvalue weighted by atomic mass is 16.5. The van der Waals surface area contributed by atoms with Crippen LogP contribution in [-0.2, 0) is 22.6 Å². The number of carbonyl (C=O) groups is 1. The minimum atomic E-state index is -0.425. The van der Waals surface area contributed by atoms with E-state index in [0.717, 1.165) is 17.8 Å². The van der Waals surface area contributed by atoms with E-state index in [1.807, 2.05) is 36.1 Å². The molecule has 1 N–H and O–H groups in total. The van der Waals surface area contributed by atoms with Gasteiger partial charge in [0.05, 0.1) is 12.3 Å². The summed E-state index contributed by atoms with van der Waals surface area (Å²) in [5.74, 6) is 1.15. The largest absolute Gasteiger partial charge is 0.378 e. The molecule has 0 fully saturated rings. The highest BCUT2D eigenvalue weighted by Gasteiger charge is 2.28. The van der Waals surface area contributed by atoms with Gasteiger partial charge in [-0.2, -0.15) is 14.6 Å². The van der Waals surface area contributed by atoms with Crippen molar-refractivity contribution in [3.8, 4) is 0 Å². The highest BCUT2D eigenvalue weighted by Crippen LogP contribution is 2.28. The van der Waals surface area contributed by atoms with E-state index in [0.29, 0.717) is 24.7 Å². The number of hydrogen-bond acceptors (Lipinski definition) is 6. The summed E-state index contributed by atoms with van der Waals surface area (Å²) in [6.45, 7) is 2.91. The zero-order chi connectivity index (χ0) is 18.1. The van der Waals surface area contributed by atoms with Gasteiger partial charge in [-0.1, -0.05) is 18.2 Å². The lowest BCUT2D eigenvalue weighted by Crippen LogP contribution is -2.41. The third-order valence-corrected chi connectivity index (χ3v) is 4.49. The van der Waals surface area contributed by atoms with Gasteiger partial charge in [-0.25, -0.2) is 4.98 Å². The first-order valence-electron chi connectivity index (χ1n) is 8.52. The Morgan fingerprint density at radius 2 is 2.23 bits per heavy atom. The predicted molar refractivity (Wildman–Crippen MR) is 97.1 cm³/mol. The van der Waals surface area contributed by atoms with Crippen molar-refractivity contribution in [2.45, 2.75) is 26.0 Å². The molecule has 3 heterocycles. The maximum atomic E-state index is 13.0. The standard InChI is InChI=1S/C18H20N6O2/c1-12(17(25)23-8-7-13-5-3-4-6-15(13)23)21-16-9-14(10-26-2)22-18-19-11-20-24(16)18/h3-6,9,11-12,21H,7-8,10H2,1-2H3. The molecule has 1 aromatic carbocycles. The van der Waals surface area contributed by atoms with E-state index in [4.69, 9.17) is 4.74 Å². The van der Waals surface area contributed by atoms with Gasteiger partial charge in [-0.3, -0.25) is 4.79 Å². The minimum absolute atomic E-state index is 0.0216. The molecular formula is C18H20N6O2. The normalized spacial score (nSPS) is 14.5. The summed E-state index contributed by atoms with van der Waals surface area (Å²) in [6.07, 6.45) is 2.32. The summed E-state index contributed by atoms with van der Waals surface area (Å²) in [5.41, 5.74) is 2.92. The number of carbonyl (C=O) groups excluding carboxylic acids is 1. The predicted octanol–water partition coefficient (Wildman–Crippen LogP) is 1.66. The summed E-state index contributed by atoms with van der Waals surface area (Å²) in [7, 11) is 1.61.